The van der Waals surface area contributed by atoms with Crippen LogP contribution in [0.2, 0.25) is 0 Å². The standard InChI is InChI=1S/C16H13F2NO/c1-19-9-10-5-6-12(14(18)7-10)15-8-11-3-2-4-13(17)16(11)20-15/h2-8,19H,9H2,1H3. The number of rotatable bonds is 3. The number of nitrogens with one attached hydrogen (secondary N) is 1. The third kappa shape index (κ3) is 2.18. The molecule has 102 valence electrons. The van der Waals surface area contributed by atoms with E-state index < -0.39 is 5.82 Å². The average molecular weight is 273 g/mol. The van der Waals surface area contributed by atoms with Crippen LogP contribution in [-0.2, 0) is 6.54 Å². The zero-order chi connectivity index (χ0) is 14.1. The van der Waals surface area contributed by atoms with Crippen LogP contribution in [0.25, 0.3) is 22.3 Å². The Hall–Kier alpha value is -2.20. The van der Waals surface area contributed by atoms with Crippen molar-refractivity contribution < 1.29 is 13.2 Å². The Kier molecular flexibility index (Phi) is 3.24. The molecular formula is C16H13F2NO. The molecule has 1 aromatic heterocycles. The third-order valence-electron chi connectivity index (χ3n) is 3.18. The van der Waals surface area contributed by atoms with Crippen molar-refractivity contribution in [1.29, 1.82) is 0 Å². The second-order valence-corrected chi connectivity index (χ2v) is 4.61. The molecule has 0 saturated heterocycles. The van der Waals surface area contributed by atoms with Crippen LogP contribution >= 0.6 is 0 Å². The van der Waals surface area contributed by atoms with Gasteiger partial charge in [-0.15, -0.1) is 0 Å². The van der Waals surface area contributed by atoms with E-state index in [-0.39, 0.29) is 11.4 Å². The van der Waals surface area contributed by atoms with Gasteiger partial charge in [0.05, 0.1) is 5.56 Å². The molecule has 0 saturated carbocycles. The fraction of sp³-hybridized carbons (Fsp3) is 0.125. The van der Waals surface area contributed by atoms with Gasteiger partial charge in [-0.25, -0.2) is 8.78 Å². The Bertz CT molecular complexity index is 764. The fourth-order valence-electron chi connectivity index (χ4n) is 2.23. The van der Waals surface area contributed by atoms with Crippen molar-refractivity contribution in [2.75, 3.05) is 7.05 Å². The lowest BCUT2D eigenvalue weighted by Gasteiger charge is -2.03. The minimum absolute atomic E-state index is 0.154. The van der Waals surface area contributed by atoms with E-state index in [4.69, 9.17) is 4.42 Å². The van der Waals surface area contributed by atoms with Gasteiger partial charge in [0.15, 0.2) is 11.4 Å². The third-order valence-corrected chi connectivity index (χ3v) is 3.18. The maximum Gasteiger partial charge on any atom is 0.170 e. The van der Waals surface area contributed by atoms with E-state index in [9.17, 15) is 8.78 Å². The summed E-state index contributed by atoms with van der Waals surface area (Å²) in [6, 6.07) is 11.2. The molecule has 4 heteroatoms. The van der Waals surface area contributed by atoms with Gasteiger partial charge in [0.2, 0.25) is 0 Å². The molecule has 0 aliphatic rings. The fourth-order valence-corrected chi connectivity index (χ4v) is 2.23. The number of halogens is 2. The highest BCUT2D eigenvalue weighted by Crippen LogP contribution is 2.31. The highest BCUT2D eigenvalue weighted by molar-refractivity contribution is 5.83. The van der Waals surface area contributed by atoms with E-state index in [0.717, 1.165) is 5.56 Å². The van der Waals surface area contributed by atoms with Crippen molar-refractivity contribution in [3.63, 3.8) is 0 Å². The highest BCUT2D eigenvalue weighted by Gasteiger charge is 2.13. The van der Waals surface area contributed by atoms with Gasteiger partial charge in [0.1, 0.15) is 11.6 Å². The van der Waals surface area contributed by atoms with Crippen molar-refractivity contribution in [1.82, 2.24) is 5.32 Å². The quantitative estimate of drug-likeness (QED) is 0.777. The number of para-hydroxylation sites is 1. The first kappa shape index (κ1) is 12.8. The van der Waals surface area contributed by atoms with Crippen LogP contribution in [0, 0.1) is 11.6 Å². The number of hydrogen-bond acceptors (Lipinski definition) is 2. The summed E-state index contributed by atoms with van der Waals surface area (Å²) >= 11 is 0. The maximum atomic E-state index is 14.1. The van der Waals surface area contributed by atoms with Crippen molar-refractivity contribution in [3.05, 3.63) is 59.7 Å². The molecule has 0 aliphatic heterocycles. The molecule has 2 nitrogen and oxygen atoms in total. The minimum atomic E-state index is -0.444. The molecule has 0 radical (unpaired) electrons. The summed E-state index contributed by atoms with van der Waals surface area (Å²) in [5, 5.41) is 3.58. The molecule has 3 rings (SSSR count). The highest BCUT2D eigenvalue weighted by atomic mass is 19.1. The van der Waals surface area contributed by atoms with Gasteiger partial charge in [-0.05, 0) is 36.9 Å². The lowest BCUT2D eigenvalue weighted by atomic mass is 10.1. The van der Waals surface area contributed by atoms with Gasteiger partial charge in [-0.2, -0.15) is 0 Å². The van der Waals surface area contributed by atoms with E-state index in [1.165, 1.54) is 12.1 Å². The normalized spacial score (nSPS) is 11.2. The first-order valence-electron chi connectivity index (χ1n) is 6.30. The molecular weight excluding hydrogens is 260 g/mol. The van der Waals surface area contributed by atoms with E-state index in [0.29, 0.717) is 23.3 Å². The van der Waals surface area contributed by atoms with Crippen molar-refractivity contribution >= 4 is 11.0 Å². The molecule has 0 spiro atoms. The Balaban J connectivity index is 2.08. The zero-order valence-corrected chi connectivity index (χ0v) is 10.9. The van der Waals surface area contributed by atoms with Gasteiger partial charge >= 0.3 is 0 Å². The molecule has 0 unspecified atom stereocenters. The Morgan fingerprint density at radius 2 is 1.90 bits per heavy atom. The van der Waals surface area contributed by atoms with Gasteiger partial charge < -0.3 is 9.73 Å². The molecule has 0 atom stereocenters. The molecule has 0 amide bonds. The Morgan fingerprint density at radius 3 is 2.60 bits per heavy atom. The first-order chi connectivity index (χ1) is 9.69. The second-order valence-electron chi connectivity index (χ2n) is 4.61. The summed E-state index contributed by atoms with van der Waals surface area (Å²) in [6.45, 7) is 0.589. The molecule has 2 aromatic carbocycles. The summed E-state index contributed by atoms with van der Waals surface area (Å²) in [4.78, 5) is 0. The van der Waals surface area contributed by atoms with Crippen LogP contribution in [0.1, 0.15) is 5.56 Å². The number of hydrogen-bond donors (Lipinski definition) is 1. The molecule has 0 aliphatic carbocycles. The first-order valence-corrected chi connectivity index (χ1v) is 6.30. The largest absolute Gasteiger partial charge is 0.453 e. The average Bonchev–Trinajstić information content (AvgIpc) is 2.84. The number of furan rings is 1. The van der Waals surface area contributed by atoms with E-state index in [2.05, 4.69) is 5.32 Å². The summed E-state index contributed by atoms with van der Waals surface area (Å²) in [5.74, 6) is -0.489. The number of fused-ring (bicyclic) bond motifs is 1. The van der Waals surface area contributed by atoms with Crippen LogP contribution in [0.4, 0.5) is 8.78 Å². The topological polar surface area (TPSA) is 25.2 Å². The summed E-state index contributed by atoms with van der Waals surface area (Å²) in [7, 11) is 1.80. The van der Waals surface area contributed by atoms with Crippen molar-refractivity contribution in [3.8, 4) is 11.3 Å². The minimum Gasteiger partial charge on any atom is -0.453 e. The van der Waals surface area contributed by atoms with Gasteiger partial charge in [0.25, 0.3) is 0 Å². The molecule has 0 fully saturated rings. The van der Waals surface area contributed by atoms with Crippen LogP contribution in [0.3, 0.4) is 0 Å². The van der Waals surface area contributed by atoms with Gasteiger partial charge in [-0.3, -0.25) is 0 Å². The predicted molar refractivity (Wildman–Crippen MR) is 74.3 cm³/mol. The number of benzene rings is 2. The lowest BCUT2D eigenvalue weighted by Crippen LogP contribution is -2.05. The lowest BCUT2D eigenvalue weighted by molar-refractivity contribution is 0.562. The second kappa shape index (κ2) is 5.06. The predicted octanol–water partition coefficient (Wildman–Crippen LogP) is 4.10. The van der Waals surface area contributed by atoms with Crippen molar-refractivity contribution in [2.24, 2.45) is 0 Å². The maximum absolute atomic E-state index is 14.1. The molecule has 0 bridgehead atoms. The van der Waals surface area contributed by atoms with Crippen LogP contribution in [0.5, 0.6) is 0 Å². The van der Waals surface area contributed by atoms with Gasteiger partial charge in [-0.1, -0.05) is 18.2 Å². The molecule has 20 heavy (non-hydrogen) atoms. The van der Waals surface area contributed by atoms with E-state index in [1.807, 2.05) is 6.07 Å². The van der Waals surface area contributed by atoms with E-state index >= 15 is 0 Å². The van der Waals surface area contributed by atoms with Crippen LogP contribution in [0.15, 0.2) is 46.9 Å². The monoisotopic (exact) mass is 273 g/mol. The summed E-state index contributed by atoms with van der Waals surface area (Å²) < 4.78 is 33.1. The molecule has 1 heterocycles. The van der Waals surface area contributed by atoms with Crippen LogP contribution in [-0.4, -0.2) is 7.05 Å². The van der Waals surface area contributed by atoms with Crippen LogP contribution < -0.4 is 5.32 Å². The Labute approximate surface area is 115 Å². The molecule has 3 aromatic rings. The van der Waals surface area contributed by atoms with Gasteiger partial charge in [0, 0.05) is 11.9 Å². The van der Waals surface area contributed by atoms with E-state index in [1.54, 1.807) is 31.3 Å². The smallest absolute Gasteiger partial charge is 0.170 e. The summed E-state index contributed by atoms with van der Waals surface area (Å²) in [5.41, 5.74) is 1.33. The van der Waals surface area contributed by atoms with Crippen molar-refractivity contribution in [2.45, 2.75) is 6.54 Å². The summed E-state index contributed by atoms with van der Waals surface area (Å²) in [6.07, 6.45) is 0. The Morgan fingerprint density at radius 1 is 1.05 bits per heavy atom. The molecule has 1 N–H and O–H groups in total. The zero-order valence-electron chi connectivity index (χ0n) is 10.9. The SMILES string of the molecule is CNCc1ccc(-c2cc3cccc(F)c3o2)c(F)c1.